The van der Waals surface area contributed by atoms with E-state index in [-0.39, 0.29) is 5.79 Å². The van der Waals surface area contributed by atoms with Crippen LogP contribution in [-0.2, 0) is 9.47 Å². The third kappa shape index (κ3) is 2.10. The van der Waals surface area contributed by atoms with E-state index in [4.69, 9.17) is 9.47 Å². The van der Waals surface area contributed by atoms with E-state index in [1.54, 1.807) is 0 Å². The molecule has 2 unspecified atom stereocenters. The Morgan fingerprint density at radius 2 is 1.79 bits per heavy atom. The van der Waals surface area contributed by atoms with Crippen molar-refractivity contribution in [1.29, 1.82) is 0 Å². The molecule has 2 aliphatic rings. The molecule has 2 atom stereocenters. The average molecular weight is 199 g/mol. The van der Waals surface area contributed by atoms with Crippen molar-refractivity contribution in [2.45, 2.75) is 51.6 Å². The van der Waals surface area contributed by atoms with Crippen LogP contribution in [0.25, 0.3) is 0 Å². The van der Waals surface area contributed by atoms with Gasteiger partial charge in [0.05, 0.1) is 0 Å². The maximum absolute atomic E-state index is 5.82. The lowest BCUT2D eigenvalue weighted by Gasteiger charge is -2.22. The summed E-state index contributed by atoms with van der Waals surface area (Å²) in [5, 5.41) is 0. The summed E-state index contributed by atoms with van der Waals surface area (Å²) in [5.41, 5.74) is 0. The average Bonchev–Trinajstić information content (AvgIpc) is 2.53. The summed E-state index contributed by atoms with van der Waals surface area (Å²) in [6, 6.07) is 0. The zero-order chi connectivity index (χ0) is 10.2. The topological polar surface area (TPSA) is 21.7 Å². The van der Waals surface area contributed by atoms with Gasteiger partial charge in [0.1, 0.15) is 12.2 Å². The number of nitrogens with zero attached hydrogens (tertiary/aromatic N) is 1. The molecule has 2 fully saturated rings. The summed E-state index contributed by atoms with van der Waals surface area (Å²) in [4.78, 5) is 2.45. The Balaban J connectivity index is 1.81. The molecule has 2 rings (SSSR count). The maximum Gasteiger partial charge on any atom is 0.163 e. The molecule has 0 radical (unpaired) electrons. The molecule has 2 heterocycles. The first-order valence-corrected chi connectivity index (χ1v) is 5.69. The van der Waals surface area contributed by atoms with Crippen LogP contribution in [0.1, 0.15) is 33.6 Å². The molecule has 3 heteroatoms. The number of ether oxygens (including phenoxy) is 2. The molecule has 0 spiro atoms. The van der Waals surface area contributed by atoms with Gasteiger partial charge in [0, 0.05) is 13.1 Å². The molecule has 0 aromatic heterocycles. The zero-order valence-corrected chi connectivity index (χ0v) is 9.45. The highest BCUT2D eigenvalue weighted by molar-refractivity contribution is 4.91. The van der Waals surface area contributed by atoms with Crippen molar-refractivity contribution in [3.8, 4) is 0 Å². The largest absolute Gasteiger partial charge is 0.343 e. The van der Waals surface area contributed by atoms with E-state index in [2.05, 4.69) is 11.8 Å². The van der Waals surface area contributed by atoms with Gasteiger partial charge in [-0.15, -0.1) is 0 Å². The molecule has 0 aromatic carbocycles. The molecular weight excluding hydrogens is 178 g/mol. The first-order valence-electron chi connectivity index (χ1n) is 5.69. The SMILES string of the molecule is CCCCN1CC2OC(C)(C)OC2C1. The second-order valence-corrected chi connectivity index (χ2v) is 4.83. The van der Waals surface area contributed by atoms with Gasteiger partial charge in [-0.25, -0.2) is 0 Å². The number of unbranched alkanes of at least 4 members (excludes halogenated alkanes) is 1. The predicted molar refractivity (Wildman–Crippen MR) is 55.2 cm³/mol. The molecule has 3 nitrogen and oxygen atoms in total. The van der Waals surface area contributed by atoms with Gasteiger partial charge in [0.25, 0.3) is 0 Å². The van der Waals surface area contributed by atoms with E-state index < -0.39 is 0 Å². The molecule has 0 saturated carbocycles. The van der Waals surface area contributed by atoms with Crippen LogP contribution in [-0.4, -0.2) is 42.5 Å². The fourth-order valence-corrected chi connectivity index (χ4v) is 2.37. The maximum atomic E-state index is 5.82. The van der Waals surface area contributed by atoms with Crippen molar-refractivity contribution < 1.29 is 9.47 Å². The smallest absolute Gasteiger partial charge is 0.163 e. The van der Waals surface area contributed by atoms with Crippen LogP contribution in [0.4, 0.5) is 0 Å². The highest BCUT2D eigenvalue weighted by Crippen LogP contribution is 2.32. The minimum Gasteiger partial charge on any atom is -0.343 e. The monoisotopic (exact) mass is 199 g/mol. The van der Waals surface area contributed by atoms with Crippen LogP contribution in [0, 0.1) is 0 Å². The Kier molecular flexibility index (Phi) is 2.82. The summed E-state index contributed by atoms with van der Waals surface area (Å²) < 4.78 is 11.6. The van der Waals surface area contributed by atoms with E-state index in [0.29, 0.717) is 12.2 Å². The normalized spacial score (nSPS) is 36.2. The fourth-order valence-electron chi connectivity index (χ4n) is 2.37. The van der Waals surface area contributed by atoms with Crippen molar-refractivity contribution in [2.24, 2.45) is 0 Å². The summed E-state index contributed by atoms with van der Waals surface area (Å²) in [6.45, 7) is 9.52. The van der Waals surface area contributed by atoms with Gasteiger partial charge in [-0.2, -0.15) is 0 Å². The third-order valence-electron chi connectivity index (χ3n) is 2.99. The Labute approximate surface area is 86.4 Å². The molecule has 0 amide bonds. The highest BCUT2D eigenvalue weighted by atomic mass is 16.8. The van der Waals surface area contributed by atoms with Gasteiger partial charge in [0.15, 0.2) is 5.79 Å². The van der Waals surface area contributed by atoms with Crippen molar-refractivity contribution in [3.63, 3.8) is 0 Å². The van der Waals surface area contributed by atoms with Gasteiger partial charge in [-0.3, -0.25) is 4.90 Å². The number of rotatable bonds is 3. The Morgan fingerprint density at radius 3 is 2.29 bits per heavy atom. The fraction of sp³-hybridized carbons (Fsp3) is 1.00. The van der Waals surface area contributed by atoms with Crippen LogP contribution in [0.3, 0.4) is 0 Å². The van der Waals surface area contributed by atoms with Crippen LogP contribution < -0.4 is 0 Å². The molecule has 14 heavy (non-hydrogen) atoms. The highest BCUT2D eigenvalue weighted by Gasteiger charge is 2.46. The van der Waals surface area contributed by atoms with Crippen molar-refractivity contribution in [3.05, 3.63) is 0 Å². The lowest BCUT2D eigenvalue weighted by Crippen LogP contribution is -2.30. The minimum absolute atomic E-state index is 0.307. The van der Waals surface area contributed by atoms with Crippen LogP contribution >= 0.6 is 0 Å². The first-order chi connectivity index (χ1) is 6.61. The molecule has 0 bridgehead atoms. The van der Waals surface area contributed by atoms with Gasteiger partial charge >= 0.3 is 0 Å². The molecule has 0 N–H and O–H groups in total. The Hall–Kier alpha value is -0.120. The summed E-state index contributed by atoms with van der Waals surface area (Å²) in [5.74, 6) is -0.355. The van der Waals surface area contributed by atoms with Crippen molar-refractivity contribution in [2.75, 3.05) is 19.6 Å². The number of likely N-dealkylation sites (tertiary alicyclic amines) is 1. The molecule has 82 valence electrons. The van der Waals surface area contributed by atoms with Gasteiger partial charge in [-0.05, 0) is 26.8 Å². The van der Waals surface area contributed by atoms with E-state index in [0.717, 1.165) is 13.1 Å². The van der Waals surface area contributed by atoms with Gasteiger partial charge in [-0.1, -0.05) is 13.3 Å². The van der Waals surface area contributed by atoms with Crippen LogP contribution in [0.15, 0.2) is 0 Å². The van der Waals surface area contributed by atoms with Crippen molar-refractivity contribution in [1.82, 2.24) is 4.90 Å². The first kappa shape index (κ1) is 10.4. The van der Waals surface area contributed by atoms with Gasteiger partial charge < -0.3 is 9.47 Å². The van der Waals surface area contributed by atoms with Crippen LogP contribution in [0.5, 0.6) is 0 Å². The van der Waals surface area contributed by atoms with E-state index in [9.17, 15) is 0 Å². The van der Waals surface area contributed by atoms with Crippen molar-refractivity contribution >= 4 is 0 Å². The number of hydrogen-bond donors (Lipinski definition) is 0. The second-order valence-electron chi connectivity index (χ2n) is 4.83. The lowest BCUT2D eigenvalue weighted by molar-refractivity contribution is -0.155. The van der Waals surface area contributed by atoms with Crippen LogP contribution in [0.2, 0.25) is 0 Å². The molecule has 0 aromatic rings. The van der Waals surface area contributed by atoms with E-state index in [1.807, 2.05) is 13.8 Å². The molecule has 2 saturated heterocycles. The molecule has 0 aliphatic carbocycles. The van der Waals surface area contributed by atoms with E-state index in [1.165, 1.54) is 19.4 Å². The lowest BCUT2D eigenvalue weighted by atomic mass is 10.3. The molecular formula is C11H21NO2. The summed E-state index contributed by atoms with van der Waals surface area (Å²) >= 11 is 0. The second kappa shape index (κ2) is 3.80. The predicted octanol–water partition coefficient (Wildman–Crippen LogP) is 1.62. The summed E-state index contributed by atoms with van der Waals surface area (Å²) in [6.07, 6.45) is 3.16. The van der Waals surface area contributed by atoms with Gasteiger partial charge in [0.2, 0.25) is 0 Å². The minimum atomic E-state index is -0.355. The van der Waals surface area contributed by atoms with E-state index >= 15 is 0 Å². The number of hydrogen-bond acceptors (Lipinski definition) is 3. The standard InChI is InChI=1S/C11H21NO2/c1-4-5-6-12-7-9-10(8-12)14-11(2,3)13-9/h9-10H,4-8H2,1-3H3. The summed E-state index contributed by atoms with van der Waals surface area (Å²) in [7, 11) is 0. The quantitative estimate of drug-likeness (QED) is 0.689. The Bertz CT molecular complexity index is 189. The number of fused-ring (bicyclic) bond motifs is 1. The molecule has 2 aliphatic heterocycles. The zero-order valence-electron chi connectivity index (χ0n) is 9.45. The third-order valence-corrected chi connectivity index (χ3v) is 2.99. The Morgan fingerprint density at radius 1 is 1.21 bits per heavy atom.